The fourth-order valence-electron chi connectivity index (χ4n) is 1.51. The molecule has 0 radical (unpaired) electrons. The Kier molecular flexibility index (Phi) is 6.90. The molecule has 8 heteroatoms. The third-order valence-corrected chi connectivity index (χ3v) is 2.94. The number of ether oxygens (including phenoxy) is 2. The van der Waals surface area contributed by atoms with Crippen LogP contribution in [-0.2, 0) is 9.53 Å². The average Bonchev–Trinajstić information content (AvgIpc) is 2.45. The summed E-state index contributed by atoms with van der Waals surface area (Å²) in [5, 5.41) is 13.6. The van der Waals surface area contributed by atoms with Gasteiger partial charge in [-0.05, 0) is 19.4 Å². The first-order valence-corrected chi connectivity index (χ1v) is 6.70. The van der Waals surface area contributed by atoms with Crippen molar-refractivity contribution in [1.82, 2.24) is 5.32 Å². The molecule has 0 aromatic heterocycles. The van der Waals surface area contributed by atoms with Gasteiger partial charge in [0.2, 0.25) is 0 Å². The number of non-ortho nitro benzene ring substituents is 1. The number of nitrogens with zero attached hydrogens (tertiary/aromatic N) is 1. The van der Waals surface area contributed by atoms with Crippen LogP contribution in [0.4, 0.5) is 5.69 Å². The Morgan fingerprint density at radius 1 is 1.52 bits per heavy atom. The first kappa shape index (κ1) is 17.2. The van der Waals surface area contributed by atoms with E-state index in [1.807, 2.05) is 0 Å². The third kappa shape index (κ3) is 5.57. The maximum absolute atomic E-state index is 11.8. The third-order valence-electron chi connectivity index (χ3n) is 2.62. The van der Waals surface area contributed by atoms with Crippen LogP contribution in [0.2, 0.25) is 5.02 Å². The minimum Gasteiger partial charge on any atom is -0.479 e. The van der Waals surface area contributed by atoms with Crippen LogP contribution in [0.1, 0.15) is 13.3 Å². The van der Waals surface area contributed by atoms with E-state index < -0.39 is 11.0 Å². The highest BCUT2D eigenvalue weighted by atomic mass is 35.5. The van der Waals surface area contributed by atoms with Gasteiger partial charge in [0.05, 0.1) is 16.0 Å². The molecule has 21 heavy (non-hydrogen) atoms. The average molecular weight is 317 g/mol. The summed E-state index contributed by atoms with van der Waals surface area (Å²) in [7, 11) is 1.58. The van der Waals surface area contributed by atoms with Crippen molar-refractivity contribution in [3.63, 3.8) is 0 Å². The van der Waals surface area contributed by atoms with Crippen molar-refractivity contribution < 1.29 is 19.2 Å². The van der Waals surface area contributed by atoms with Crippen molar-refractivity contribution in [1.29, 1.82) is 0 Å². The molecule has 1 rings (SSSR count). The van der Waals surface area contributed by atoms with E-state index in [0.29, 0.717) is 19.6 Å². The number of rotatable bonds is 8. The highest BCUT2D eigenvalue weighted by molar-refractivity contribution is 6.32. The number of methoxy groups -OCH3 is 1. The molecule has 0 heterocycles. The summed E-state index contributed by atoms with van der Waals surface area (Å²) in [5.41, 5.74) is -0.151. The first-order valence-electron chi connectivity index (χ1n) is 6.33. The molecular formula is C13H17ClN2O5. The molecule has 0 saturated heterocycles. The van der Waals surface area contributed by atoms with Gasteiger partial charge in [0.25, 0.3) is 11.6 Å². The molecule has 0 saturated carbocycles. The first-order chi connectivity index (χ1) is 9.95. The number of nitrogens with one attached hydrogen (secondary N) is 1. The Bertz CT molecular complexity index is 509. The molecule has 1 unspecified atom stereocenters. The van der Waals surface area contributed by atoms with Gasteiger partial charge in [0, 0.05) is 26.3 Å². The van der Waals surface area contributed by atoms with Crippen LogP contribution in [0.5, 0.6) is 5.75 Å². The summed E-state index contributed by atoms with van der Waals surface area (Å²) in [6, 6.07) is 3.82. The molecule has 0 spiro atoms. The zero-order valence-electron chi connectivity index (χ0n) is 11.8. The smallest absolute Gasteiger partial charge is 0.273 e. The number of hydrogen-bond donors (Lipinski definition) is 1. The van der Waals surface area contributed by atoms with Crippen molar-refractivity contribution in [2.45, 2.75) is 19.4 Å². The molecule has 1 atom stereocenters. The van der Waals surface area contributed by atoms with Gasteiger partial charge >= 0.3 is 0 Å². The fraction of sp³-hybridized carbons (Fsp3) is 0.462. The number of hydrogen-bond acceptors (Lipinski definition) is 5. The Balaban J connectivity index is 2.61. The second-order valence-corrected chi connectivity index (χ2v) is 4.68. The van der Waals surface area contributed by atoms with Gasteiger partial charge in [0.1, 0.15) is 5.75 Å². The summed E-state index contributed by atoms with van der Waals surface area (Å²) in [6.45, 7) is 2.55. The summed E-state index contributed by atoms with van der Waals surface area (Å²) in [4.78, 5) is 21.9. The van der Waals surface area contributed by atoms with E-state index in [0.717, 1.165) is 0 Å². The monoisotopic (exact) mass is 316 g/mol. The molecule has 0 aliphatic heterocycles. The van der Waals surface area contributed by atoms with Gasteiger partial charge in [-0.15, -0.1) is 0 Å². The molecule has 116 valence electrons. The van der Waals surface area contributed by atoms with E-state index in [4.69, 9.17) is 21.1 Å². The molecule has 0 aliphatic rings. The van der Waals surface area contributed by atoms with E-state index in [2.05, 4.69) is 5.32 Å². The van der Waals surface area contributed by atoms with Gasteiger partial charge in [-0.2, -0.15) is 0 Å². The number of carbonyl (C=O) groups is 1. The van der Waals surface area contributed by atoms with Crippen molar-refractivity contribution >= 4 is 23.2 Å². The molecule has 1 aromatic carbocycles. The Labute approximate surface area is 127 Å². The lowest BCUT2D eigenvalue weighted by Crippen LogP contribution is -2.37. The zero-order chi connectivity index (χ0) is 15.8. The van der Waals surface area contributed by atoms with E-state index in [1.54, 1.807) is 14.0 Å². The lowest BCUT2D eigenvalue weighted by Gasteiger charge is -2.15. The molecule has 0 aliphatic carbocycles. The van der Waals surface area contributed by atoms with Crippen LogP contribution in [0.3, 0.4) is 0 Å². The predicted octanol–water partition coefficient (Wildman–Crippen LogP) is 2.17. The maximum atomic E-state index is 11.8. The van der Waals surface area contributed by atoms with Gasteiger partial charge in [0.15, 0.2) is 6.10 Å². The molecule has 1 aromatic rings. The molecule has 1 N–H and O–H groups in total. The van der Waals surface area contributed by atoms with Crippen LogP contribution in [0, 0.1) is 10.1 Å². The minimum atomic E-state index is -0.813. The predicted molar refractivity (Wildman–Crippen MR) is 77.7 cm³/mol. The van der Waals surface area contributed by atoms with Crippen molar-refractivity contribution in [2.24, 2.45) is 0 Å². The van der Waals surface area contributed by atoms with Crippen LogP contribution in [0.25, 0.3) is 0 Å². The largest absolute Gasteiger partial charge is 0.479 e. The fourth-order valence-corrected chi connectivity index (χ4v) is 1.67. The lowest BCUT2D eigenvalue weighted by molar-refractivity contribution is -0.384. The highest BCUT2D eigenvalue weighted by Crippen LogP contribution is 2.29. The van der Waals surface area contributed by atoms with Crippen LogP contribution in [0.15, 0.2) is 18.2 Å². The number of nitro benzene ring substituents is 1. The highest BCUT2D eigenvalue weighted by Gasteiger charge is 2.18. The number of carbonyl (C=O) groups excluding carboxylic acids is 1. The molecule has 7 nitrogen and oxygen atoms in total. The lowest BCUT2D eigenvalue weighted by atomic mass is 10.3. The second kappa shape index (κ2) is 8.43. The SMILES string of the molecule is COCCCNC(=O)C(C)Oc1cc([N+](=O)[O-])ccc1Cl. The molecule has 1 amide bonds. The van der Waals surface area contributed by atoms with E-state index >= 15 is 0 Å². The van der Waals surface area contributed by atoms with Crippen molar-refractivity contribution in [3.8, 4) is 5.75 Å². The quantitative estimate of drug-likeness (QED) is 0.451. The van der Waals surface area contributed by atoms with E-state index in [-0.39, 0.29) is 22.4 Å². The van der Waals surface area contributed by atoms with Crippen molar-refractivity contribution in [2.75, 3.05) is 20.3 Å². The van der Waals surface area contributed by atoms with Crippen molar-refractivity contribution in [3.05, 3.63) is 33.3 Å². The Hall–Kier alpha value is -1.86. The normalized spacial score (nSPS) is 11.8. The topological polar surface area (TPSA) is 90.7 Å². The number of amides is 1. The Morgan fingerprint density at radius 2 is 2.24 bits per heavy atom. The van der Waals surface area contributed by atoms with Gasteiger partial charge in [-0.3, -0.25) is 14.9 Å². The number of nitro groups is 1. The molecule has 0 fully saturated rings. The maximum Gasteiger partial charge on any atom is 0.273 e. The van der Waals surface area contributed by atoms with Crippen LogP contribution >= 0.6 is 11.6 Å². The standard InChI is InChI=1S/C13H17ClN2O5/c1-9(13(17)15-6-3-7-20-2)21-12-8-10(16(18)19)4-5-11(12)14/h4-5,8-9H,3,6-7H2,1-2H3,(H,15,17). The summed E-state index contributed by atoms with van der Waals surface area (Å²) in [5.74, 6) is -0.223. The summed E-state index contributed by atoms with van der Waals surface area (Å²) >= 11 is 5.90. The second-order valence-electron chi connectivity index (χ2n) is 4.27. The van der Waals surface area contributed by atoms with E-state index in [9.17, 15) is 14.9 Å². The zero-order valence-corrected chi connectivity index (χ0v) is 12.6. The van der Waals surface area contributed by atoms with E-state index in [1.165, 1.54) is 18.2 Å². The van der Waals surface area contributed by atoms with Gasteiger partial charge in [-0.1, -0.05) is 11.6 Å². The number of benzene rings is 1. The summed E-state index contributed by atoms with van der Waals surface area (Å²) < 4.78 is 10.2. The number of halogens is 1. The summed E-state index contributed by atoms with van der Waals surface area (Å²) in [6.07, 6.45) is -0.126. The van der Waals surface area contributed by atoms with Gasteiger partial charge < -0.3 is 14.8 Å². The van der Waals surface area contributed by atoms with Crippen LogP contribution in [-0.4, -0.2) is 37.2 Å². The Morgan fingerprint density at radius 3 is 2.86 bits per heavy atom. The molecule has 0 bridgehead atoms. The van der Waals surface area contributed by atoms with Gasteiger partial charge in [-0.25, -0.2) is 0 Å². The minimum absolute atomic E-state index is 0.102. The molecular weight excluding hydrogens is 300 g/mol. The van der Waals surface area contributed by atoms with Crippen LogP contribution < -0.4 is 10.1 Å².